The summed E-state index contributed by atoms with van der Waals surface area (Å²) in [5, 5.41) is 0. The maximum Gasteiger partial charge on any atom is 0.229 e. The van der Waals surface area contributed by atoms with E-state index in [1.54, 1.807) is 0 Å². The van der Waals surface area contributed by atoms with E-state index < -0.39 is 0 Å². The molecular formula is C15H18OSi2. The number of rotatable bonds is 0. The fourth-order valence-corrected chi connectivity index (χ4v) is 1.20. The second-order valence-electron chi connectivity index (χ2n) is 3.84. The van der Waals surface area contributed by atoms with Crippen LogP contribution < -0.4 is 0 Å². The highest BCUT2D eigenvalue weighted by Crippen LogP contribution is 2.02. The van der Waals surface area contributed by atoms with Gasteiger partial charge in [0.25, 0.3) is 0 Å². The van der Waals surface area contributed by atoms with Crippen molar-refractivity contribution in [3.05, 3.63) is 71.3 Å². The van der Waals surface area contributed by atoms with Crippen molar-refractivity contribution in [2.45, 2.75) is 20.8 Å². The van der Waals surface area contributed by atoms with E-state index >= 15 is 0 Å². The molecule has 0 spiro atoms. The third-order valence-electron chi connectivity index (χ3n) is 2.37. The van der Waals surface area contributed by atoms with Crippen LogP contribution in [0.1, 0.15) is 16.7 Å². The third kappa shape index (κ3) is 8.93. The Balaban J connectivity index is 0.000000267. The van der Waals surface area contributed by atoms with Gasteiger partial charge in [0.05, 0.1) is 0 Å². The molecule has 0 bridgehead atoms. The Morgan fingerprint density at radius 1 is 0.667 bits per heavy atom. The minimum absolute atomic E-state index is 1.32. The molecule has 0 aliphatic carbocycles. The van der Waals surface area contributed by atoms with Crippen LogP contribution in [0.4, 0.5) is 0 Å². The SMILES string of the molecule is Cc1ccccc1.Cc1ccccc1C.[Si]O[Si]. The molecule has 0 aliphatic heterocycles. The van der Waals surface area contributed by atoms with Crippen LogP contribution in [0.2, 0.25) is 0 Å². The van der Waals surface area contributed by atoms with E-state index in [0.29, 0.717) is 0 Å². The van der Waals surface area contributed by atoms with Crippen molar-refractivity contribution in [3.8, 4) is 0 Å². The van der Waals surface area contributed by atoms with Gasteiger partial charge in [-0.05, 0) is 31.9 Å². The Morgan fingerprint density at radius 3 is 1.22 bits per heavy atom. The summed E-state index contributed by atoms with van der Waals surface area (Å²) in [6.45, 7) is 6.32. The topological polar surface area (TPSA) is 9.23 Å². The van der Waals surface area contributed by atoms with E-state index in [4.69, 9.17) is 0 Å². The molecule has 0 heterocycles. The summed E-state index contributed by atoms with van der Waals surface area (Å²) in [6.07, 6.45) is 0. The van der Waals surface area contributed by atoms with Crippen molar-refractivity contribution in [1.29, 1.82) is 0 Å². The van der Waals surface area contributed by atoms with Gasteiger partial charge < -0.3 is 4.12 Å². The highest BCUT2D eigenvalue weighted by atomic mass is 28.3. The van der Waals surface area contributed by atoms with Crippen LogP contribution in [0.3, 0.4) is 0 Å². The van der Waals surface area contributed by atoms with Gasteiger partial charge in [0.15, 0.2) is 0 Å². The van der Waals surface area contributed by atoms with Crippen LogP contribution in [0, 0.1) is 20.8 Å². The van der Waals surface area contributed by atoms with Gasteiger partial charge >= 0.3 is 0 Å². The minimum atomic E-state index is 1.32. The molecule has 0 atom stereocenters. The van der Waals surface area contributed by atoms with Crippen LogP contribution in [0.15, 0.2) is 54.6 Å². The average molecular weight is 270 g/mol. The Bertz CT molecular complexity index is 395. The molecule has 1 nitrogen and oxygen atoms in total. The Hall–Kier alpha value is -1.17. The highest BCUT2D eigenvalue weighted by Gasteiger charge is 1.83. The zero-order valence-electron chi connectivity index (χ0n) is 11.1. The lowest BCUT2D eigenvalue weighted by molar-refractivity contribution is 0.690. The summed E-state index contributed by atoms with van der Waals surface area (Å²) >= 11 is 0. The van der Waals surface area contributed by atoms with Crippen molar-refractivity contribution in [2.75, 3.05) is 0 Å². The number of aryl methyl sites for hydroxylation is 3. The van der Waals surface area contributed by atoms with E-state index in [1.807, 2.05) is 18.2 Å². The minimum Gasteiger partial charge on any atom is -0.458 e. The van der Waals surface area contributed by atoms with E-state index in [2.05, 4.69) is 82.3 Å². The standard InChI is InChI=1S/C8H10.C7H8.OSi2/c1-7-5-3-4-6-8(7)2;1-7-5-3-2-4-6-7;2-1-3/h3-6H,1-2H3;2-6H,1H3;. The predicted molar refractivity (Wildman–Crippen MR) is 79.7 cm³/mol. The summed E-state index contributed by atoms with van der Waals surface area (Å²) in [4.78, 5) is 0. The van der Waals surface area contributed by atoms with Crippen LogP contribution in [-0.4, -0.2) is 21.0 Å². The summed E-state index contributed by atoms with van der Waals surface area (Å²) < 4.78 is 3.86. The van der Waals surface area contributed by atoms with Crippen LogP contribution in [0.25, 0.3) is 0 Å². The van der Waals surface area contributed by atoms with Crippen LogP contribution in [-0.2, 0) is 4.12 Å². The average Bonchev–Trinajstić information content (AvgIpc) is 2.36. The maximum absolute atomic E-state index is 3.86. The molecule has 0 saturated carbocycles. The summed E-state index contributed by atoms with van der Waals surface area (Å²) in [5.41, 5.74) is 4.06. The second-order valence-corrected chi connectivity index (χ2v) is 4.66. The molecule has 2 aromatic rings. The molecule has 2 aromatic carbocycles. The third-order valence-corrected chi connectivity index (χ3v) is 2.37. The first-order valence-electron chi connectivity index (χ1n) is 5.65. The molecule has 0 N–H and O–H groups in total. The zero-order chi connectivity index (χ0) is 13.8. The van der Waals surface area contributed by atoms with Gasteiger partial charge in [0.1, 0.15) is 0 Å². The first-order valence-corrected chi connectivity index (χ1v) is 6.46. The lowest BCUT2D eigenvalue weighted by atomic mass is 10.1. The van der Waals surface area contributed by atoms with E-state index in [0.717, 1.165) is 0 Å². The lowest BCUT2D eigenvalue weighted by Crippen LogP contribution is -1.74. The summed E-state index contributed by atoms with van der Waals surface area (Å²) in [7, 11) is 5.19. The predicted octanol–water partition coefficient (Wildman–Crippen LogP) is 3.47. The molecule has 0 unspecified atom stereocenters. The van der Waals surface area contributed by atoms with Crippen molar-refractivity contribution < 1.29 is 4.12 Å². The number of hydrogen-bond acceptors (Lipinski definition) is 1. The molecule has 0 saturated heterocycles. The van der Waals surface area contributed by atoms with Gasteiger partial charge in [-0.15, -0.1) is 0 Å². The zero-order valence-corrected chi connectivity index (χ0v) is 13.1. The van der Waals surface area contributed by atoms with Crippen molar-refractivity contribution in [3.63, 3.8) is 0 Å². The first kappa shape index (κ1) is 16.8. The molecule has 2 rings (SSSR count). The molecular weight excluding hydrogens is 252 g/mol. The van der Waals surface area contributed by atoms with E-state index in [-0.39, 0.29) is 0 Å². The van der Waals surface area contributed by atoms with Crippen molar-refractivity contribution in [2.24, 2.45) is 0 Å². The van der Waals surface area contributed by atoms with Gasteiger partial charge in [-0.2, -0.15) is 0 Å². The molecule has 0 aromatic heterocycles. The summed E-state index contributed by atoms with van der Waals surface area (Å²) in [5.74, 6) is 0. The highest BCUT2D eigenvalue weighted by molar-refractivity contribution is 6.15. The molecule has 0 aliphatic rings. The van der Waals surface area contributed by atoms with Crippen molar-refractivity contribution in [1.82, 2.24) is 0 Å². The Labute approximate surface area is 117 Å². The fraction of sp³-hybridized carbons (Fsp3) is 0.200. The quantitative estimate of drug-likeness (QED) is 0.666. The molecule has 92 valence electrons. The molecule has 3 heteroatoms. The van der Waals surface area contributed by atoms with Crippen molar-refractivity contribution >= 4 is 21.0 Å². The van der Waals surface area contributed by atoms with Crippen LogP contribution in [0.5, 0.6) is 0 Å². The lowest BCUT2D eigenvalue weighted by Gasteiger charge is -1.93. The summed E-state index contributed by atoms with van der Waals surface area (Å²) in [6, 6.07) is 18.6. The van der Waals surface area contributed by atoms with Crippen LogP contribution >= 0.6 is 0 Å². The number of hydrogen-bond donors (Lipinski definition) is 0. The second kappa shape index (κ2) is 11.0. The maximum atomic E-state index is 3.86. The molecule has 0 fully saturated rings. The smallest absolute Gasteiger partial charge is 0.229 e. The Kier molecular flexibility index (Phi) is 10.2. The Morgan fingerprint density at radius 2 is 1.00 bits per heavy atom. The molecule has 6 radical (unpaired) electrons. The van der Waals surface area contributed by atoms with Gasteiger partial charge in [0.2, 0.25) is 21.0 Å². The normalized spacial score (nSPS) is 8.50. The molecule has 0 amide bonds. The van der Waals surface area contributed by atoms with Gasteiger partial charge in [-0.3, -0.25) is 0 Å². The van der Waals surface area contributed by atoms with Gasteiger partial charge in [-0.25, -0.2) is 0 Å². The van der Waals surface area contributed by atoms with E-state index in [1.165, 1.54) is 16.7 Å². The van der Waals surface area contributed by atoms with Gasteiger partial charge in [0, 0.05) is 0 Å². The van der Waals surface area contributed by atoms with E-state index in [9.17, 15) is 0 Å². The molecule has 18 heavy (non-hydrogen) atoms. The number of benzene rings is 2. The largest absolute Gasteiger partial charge is 0.458 e. The first-order chi connectivity index (χ1) is 8.61. The fourth-order valence-electron chi connectivity index (χ4n) is 1.20. The van der Waals surface area contributed by atoms with Gasteiger partial charge in [-0.1, -0.05) is 60.2 Å². The monoisotopic (exact) mass is 270 g/mol.